The molecule has 0 aliphatic heterocycles. The Bertz CT molecular complexity index is 612. The number of hydrogen-bond acceptors (Lipinski definition) is 2. The van der Waals surface area contributed by atoms with Crippen molar-refractivity contribution in [2.75, 3.05) is 5.32 Å². The summed E-state index contributed by atoms with van der Waals surface area (Å²) in [4.78, 5) is 16.2. The summed E-state index contributed by atoms with van der Waals surface area (Å²) in [5, 5.41) is 2.85. The van der Waals surface area contributed by atoms with E-state index >= 15 is 0 Å². The second-order valence-electron chi connectivity index (χ2n) is 4.30. The summed E-state index contributed by atoms with van der Waals surface area (Å²) in [6.07, 6.45) is 2.48. The van der Waals surface area contributed by atoms with Gasteiger partial charge in [-0.2, -0.15) is 0 Å². The number of pyridine rings is 1. The fourth-order valence-electron chi connectivity index (χ4n) is 2.18. The first-order valence-electron chi connectivity index (χ1n) is 5.74. The predicted molar refractivity (Wildman–Crippen MR) is 73.5 cm³/mol. The molecule has 3 rings (SSSR count). The standard InChI is InChI=1S/C14H11BrN2O/c15-10-5-6-16-13(8-10)17-14(18)12-7-9-3-1-2-4-11(9)12/h1-6,8,12H,7H2,(H,16,17,18). The Hall–Kier alpha value is -1.68. The highest BCUT2D eigenvalue weighted by Gasteiger charge is 2.31. The van der Waals surface area contributed by atoms with Crippen LogP contribution in [-0.2, 0) is 11.2 Å². The molecule has 4 heteroatoms. The molecule has 90 valence electrons. The van der Waals surface area contributed by atoms with Gasteiger partial charge in [-0.3, -0.25) is 4.79 Å². The largest absolute Gasteiger partial charge is 0.310 e. The molecule has 18 heavy (non-hydrogen) atoms. The average molecular weight is 303 g/mol. The molecule has 1 aromatic heterocycles. The van der Waals surface area contributed by atoms with Crippen LogP contribution < -0.4 is 5.32 Å². The SMILES string of the molecule is O=C(Nc1cc(Br)ccn1)C1Cc2ccccc21. The Labute approximate surface area is 113 Å². The van der Waals surface area contributed by atoms with Crippen molar-refractivity contribution in [2.24, 2.45) is 0 Å². The van der Waals surface area contributed by atoms with Gasteiger partial charge in [0, 0.05) is 10.7 Å². The van der Waals surface area contributed by atoms with Crippen molar-refractivity contribution < 1.29 is 4.79 Å². The third-order valence-electron chi connectivity index (χ3n) is 3.14. The lowest BCUT2D eigenvalue weighted by atomic mass is 9.77. The summed E-state index contributed by atoms with van der Waals surface area (Å²) in [6.45, 7) is 0. The van der Waals surface area contributed by atoms with Crippen molar-refractivity contribution in [3.05, 3.63) is 58.2 Å². The van der Waals surface area contributed by atoms with Gasteiger partial charge in [0.2, 0.25) is 5.91 Å². The number of nitrogens with one attached hydrogen (secondary N) is 1. The molecule has 1 aliphatic rings. The summed E-state index contributed by atoms with van der Waals surface area (Å²) in [5.41, 5.74) is 2.39. The van der Waals surface area contributed by atoms with Gasteiger partial charge < -0.3 is 5.32 Å². The number of rotatable bonds is 2. The summed E-state index contributed by atoms with van der Waals surface area (Å²) in [5.74, 6) is 0.556. The van der Waals surface area contributed by atoms with Crippen LogP contribution in [0.25, 0.3) is 0 Å². The first-order valence-corrected chi connectivity index (χ1v) is 6.53. The number of nitrogens with zero attached hydrogens (tertiary/aromatic N) is 1. The van der Waals surface area contributed by atoms with E-state index in [9.17, 15) is 4.79 Å². The monoisotopic (exact) mass is 302 g/mol. The Kier molecular flexibility index (Phi) is 2.88. The number of halogens is 1. The second kappa shape index (κ2) is 4.53. The van der Waals surface area contributed by atoms with Gasteiger partial charge >= 0.3 is 0 Å². The van der Waals surface area contributed by atoms with E-state index in [1.54, 1.807) is 12.3 Å². The minimum Gasteiger partial charge on any atom is -0.310 e. The van der Waals surface area contributed by atoms with Gasteiger partial charge in [-0.1, -0.05) is 40.2 Å². The van der Waals surface area contributed by atoms with Crippen LogP contribution in [0.3, 0.4) is 0 Å². The van der Waals surface area contributed by atoms with E-state index < -0.39 is 0 Å². The smallest absolute Gasteiger partial charge is 0.233 e. The van der Waals surface area contributed by atoms with Crippen LogP contribution in [0.15, 0.2) is 47.1 Å². The van der Waals surface area contributed by atoms with Crippen LogP contribution in [0.4, 0.5) is 5.82 Å². The highest BCUT2D eigenvalue weighted by molar-refractivity contribution is 9.10. The molecule has 1 atom stereocenters. The molecule has 0 spiro atoms. The average Bonchev–Trinajstić information content (AvgIpc) is 2.30. The Morgan fingerprint density at radius 1 is 1.33 bits per heavy atom. The molecule has 0 bridgehead atoms. The van der Waals surface area contributed by atoms with Crippen LogP contribution in [-0.4, -0.2) is 10.9 Å². The first-order chi connectivity index (χ1) is 8.74. The van der Waals surface area contributed by atoms with Crippen molar-refractivity contribution in [3.63, 3.8) is 0 Å². The number of fused-ring (bicyclic) bond motifs is 1. The molecule has 1 amide bonds. The number of aromatic nitrogens is 1. The maximum Gasteiger partial charge on any atom is 0.233 e. The van der Waals surface area contributed by atoms with Crippen LogP contribution >= 0.6 is 15.9 Å². The Balaban J connectivity index is 1.75. The Morgan fingerprint density at radius 2 is 2.17 bits per heavy atom. The quantitative estimate of drug-likeness (QED) is 0.926. The molecule has 1 aromatic carbocycles. The molecular weight excluding hydrogens is 292 g/mol. The molecule has 1 heterocycles. The van der Waals surface area contributed by atoms with Crippen molar-refractivity contribution in [3.8, 4) is 0 Å². The maximum atomic E-state index is 12.1. The van der Waals surface area contributed by atoms with E-state index in [-0.39, 0.29) is 11.8 Å². The van der Waals surface area contributed by atoms with Gasteiger partial charge in [0.25, 0.3) is 0 Å². The van der Waals surface area contributed by atoms with Gasteiger partial charge in [0.15, 0.2) is 0 Å². The van der Waals surface area contributed by atoms with Crippen molar-refractivity contribution in [1.82, 2.24) is 4.98 Å². The topological polar surface area (TPSA) is 42.0 Å². The predicted octanol–water partition coefficient (Wildman–Crippen LogP) is 3.12. The van der Waals surface area contributed by atoms with Gasteiger partial charge in [-0.05, 0) is 29.7 Å². The lowest BCUT2D eigenvalue weighted by Gasteiger charge is -2.28. The molecule has 1 N–H and O–H groups in total. The van der Waals surface area contributed by atoms with Crippen LogP contribution in [0.1, 0.15) is 17.0 Å². The molecule has 3 nitrogen and oxygen atoms in total. The number of benzene rings is 1. The van der Waals surface area contributed by atoms with E-state index in [1.807, 2.05) is 24.3 Å². The molecule has 0 saturated heterocycles. The third kappa shape index (κ3) is 2.04. The van der Waals surface area contributed by atoms with E-state index in [1.165, 1.54) is 5.56 Å². The van der Waals surface area contributed by atoms with E-state index in [0.717, 1.165) is 16.5 Å². The molecular formula is C14H11BrN2O. The summed E-state index contributed by atoms with van der Waals surface area (Å²) < 4.78 is 0.904. The first kappa shape index (κ1) is 11.4. The summed E-state index contributed by atoms with van der Waals surface area (Å²) in [7, 11) is 0. The number of carbonyl (C=O) groups excluding carboxylic acids is 1. The summed E-state index contributed by atoms with van der Waals surface area (Å²) >= 11 is 3.35. The number of hydrogen-bond donors (Lipinski definition) is 1. The zero-order valence-corrected chi connectivity index (χ0v) is 11.1. The van der Waals surface area contributed by atoms with Gasteiger partial charge in [-0.15, -0.1) is 0 Å². The minimum absolute atomic E-state index is 0.0132. The zero-order chi connectivity index (χ0) is 12.5. The van der Waals surface area contributed by atoms with Crippen molar-refractivity contribution in [1.29, 1.82) is 0 Å². The van der Waals surface area contributed by atoms with Crippen molar-refractivity contribution in [2.45, 2.75) is 12.3 Å². The van der Waals surface area contributed by atoms with E-state index in [2.05, 4.69) is 32.3 Å². The van der Waals surface area contributed by atoms with Crippen LogP contribution in [0, 0.1) is 0 Å². The molecule has 0 radical (unpaired) electrons. The van der Waals surface area contributed by atoms with Crippen LogP contribution in [0.5, 0.6) is 0 Å². The fraction of sp³-hybridized carbons (Fsp3) is 0.143. The van der Waals surface area contributed by atoms with E-state index in [0.29, 0.717) is 5.82 Å². The highest BCUT2D eigenvalue weighted by Crippen LogP contribution is 2.35. The zero-order valence-electron chi connectivity index (χ0n) is 9.56. The number of anilines is 1. The molecule has 0 fully saturated rings. The number of amides is 1. The number of carbonyl (C=O) groups is 1. The lowest BCUT2D eigenvalue weighted by molar-refractivity contribution is -0.118. The Morgan fingerprint density at radius 3 is 2.94 bits per heavy atom. The molecule has 1 unspecified atom stereocenters. The molecule has 2 aromatic rings. The van der Waals surface area contributed by atoms with Crippen LogP contribution in [0.2, 0.25) is 0 Å². The normalized spacial score (nSPS) is 16.6. The third-order valence-corrected chi connectivity index (χ3v) is 3.64. The fourth-order valence-corrected chi connectivity index (χ4v) is 2.51. The lowest BCUT2D eigenvalue weighted by Crippen LogP contribution is -2.30. The van der Waals surface area contributed by atoms with E-state index in [4.69, 9.17) is 0 Å². The molecule has 1 aliphatic carbocycles. The second-order valence-corrected chi connectivity index (χ2v) is 5.22. The maximum absolute atomic E-state index is 12.1. The summed E-state index contributed by atoms with van der Waals surface area (Å²) in [6, 6.07) is 11.7. The van der Waals surface area contributed by atoms with Crippen molar-refractivity contribution >= 4 is 27.7 Å². The van der Waals surface area contributed by atoms with Gasteiger partial charge in [0.05, 0.1) is 5.92 Å². The van der Waals surface area contributed by atoms with Gasteiger partial charge in [0.1, 0.15) is 5.82 Å². The minimum atomic E-state index is -0.0398. The molecule has 0 saturated carbocycles. The highest BCUT2D eigenvalue weighted by atomic mass is 79.9. The van der Waals surface area contributed by atoms with Gasteiger partial charge in [-0.25, -0.2) is 4.98 Å².